The summed E-state index contributed by atoms with van der Waals surface area (Å²) >= 11 is 0. The Labute approximate surface area is 142 Å². The average Bonchev–Trinajstić information content (AvgIpc) is 2.59. The van der Waals surface area contributed by atoms with Crippen LogP contribution >= 0.6 is 0 Å². The first kappa shape index (κ1) is 15.5. The first-order valence-corrected chi connectivity index (χ1v) is 9.10. The van der Waals surface area contributed by atoms with Crippen LogP contribution in [0.2, 0.25) is 0 Å². The van der Waals surface area contributed by atoms with Crippen LogP contribution in [0.4, 0.5) is 5.69 Å². The predicted molar refractivity (Wildman–Crippen MR) is 91.0 cm³/mol. The van der Waals surface area contributed by atoms with Crippen LogP contribution in [-0.2, 0) is 9.59 Å². The largest absolute Gasteiger partial charge is 0.476 e. The summed E-state index contributed by atoms with van der Waals surface area (Å²) in [6.07, 6.45) is 5.76. The Kier molecular flexibility index (Phi) is 4.17. The zero-order valence-electron chi connectivity index (χ0n) is 13.9. The molecule has 5 heteroatoms. The van der Waals surface area contributed by atoms with E-state index in [9.17, 15) is 9.59 Å². The van der Waals surface area contributed by atoms with Crippen molar-refractivity contribution in [3.05, 3.63) is 24.3 Å². The number of carbonyl (C=O) groups excluding carboxylic acids is 2. The van der Waals surface area contributed by atoms with Gasteiger partial charge in [0.15, 0.2) is 6.10 Å². The van der Waals surface area contributed by atoms with E-state index >= 15 is 0 Å². The van der Waals surface area contributed by atoms with Gasteiger partial charge in [-0.3, -0.25) is 9.59 Å². The Hall–Kier alpha value is -2.04. The van der Waals surface area contributed by atoms with Gasteiger partial charge < -0.3 is 14.5 Å². The third kappa shape index (κ3) is 2.76. The van der Waals surface area contributed by atoms with Crippen LogP contribution in [0.5, 0.6) is 5.75 Å². The molecule has 0 N–H and O–H groups in total. The first-order chi connectivity index (χ1) is 11.7. The fraction of sp³-hybridized carbons (Fsp3) is 0.579. The molecule has 1 saturated carbocycles. The number of fused-ring (bicyclic) bond motifs is 1. The molecule has 0 radical (unpaired) electrons. The normalized spacial score (nSPS) is 23.9. The highest BCUT2D eigenvalue weighted by atomic mass is 16.5. The molecule has 3 aliphatic rings. The van der Waals surface area contributed by atoms with Crippen molar-refractivity contribution in [1.29, 1.82) is 0 Å². The molecule has 0 spiro atoms. The summed E-state index contributed by atoms with van der Waals surface area (Å²) in [7, 11) is 0. The minimum Gasteiger partial charge on any atom is -0.476 e. The molecule has 0 aromatic heterocycles. The molecule has 0 unspecified atom stereocenters. The van der Waals surface area contributed by atoms with Crippen LogP contribution in [0.3, 0.4) is 0 Å². The molecule has 1 aliphatic carbocycles. The molecule has 1 atom stereocenters. The Balaban J connectivity index is 1.57. The van der Waals surface area contributed by atoms with E-state index in [2.05, 4.69) is 0 Å². The lowest BCUT2D eigenvalue weighted by Crippen LogP contribution is -2.54. The number of nitrogens with zero attached hydrogens (tertiary/aromatic N) is 2. The maximum Gasteiger partial charge on any atom is 0.265 e. The van der Waals surface area contributed by atoms with Gasteiger partial charge in [0.2, 0.25) is 5.91 Å². The van der Waals surface area contributed by atoms with E-state index in [1.807, 2.05) is 29.2 Å². The third-order valence-corrected chi connectivity index (χ3v) is 5.44. The lowest BCUT2D eigenvalue weighted by atomic mass is 9.84. The molecule has 5 nitrogen and oxygen atoms in total. The van der Waals surface area contributed by atoms with Crippen molar-refractivity contribution >= 4 is 17.5 Å². The number of amides is 2. The number of hydrogen-bond donors (Lipinski definition) is 0. The Morgan fingerprint density at radius 1 is 0.958 bits per heavy atom. The summed E-state index contributed by atoms with van der Waals surface area (Å²) in [5, 5.41) is 0. The van der Waals surface area contributed by atoms with Gasteiger partial charge in [-0.25, -0.2) is 0 Å². The van der Waals surface area contributed by atoms with Gasteiger partial charge in [-0.15, -0.1) is 0 Å². The van der Waals surface area contributed by atoms with Gasteiger partial charge in [0.05, 0.1) is 12.2 Å². The van der Waals surface area contributed by atoms with E-state index in [4.69, 9.17) is 4.74 Å². The summed E-state index contributed by atoms with van der Waals surface area (Å²) < 4.78 is 5.97. The number of carbonyl (C=O) groups is 2. The fourth-order valence-electron chi connectivity index (χ4n) is 3.77. The van der Waals surface area contributed by atoms with E-state index in [0.29, 0.717) is 12.3 Å². The molecule has 2 fully saturated rings. The van der Waals surface area contributed by atoms with Crippen LogP contribution in [0.15, 0.2) is 24.3 Å². The van der Waals surface area contributed by atoms with Gasteiger partial charge in [0.1, 0.15) is 5.75 Å². The summed E-state index contributed by atoms with van der Waals surface area (Å²) in [6, 6.07) is 7.56. The SMILES string of the molecule is O=C([C@H]1CN(C(=O)C2CCC2)c2ccccc2O1)N1CCCCC1. The molecule has 4 rings (SSSR count). The van der Waals surface area contributed by atoms with E-state index < -0.39 is 6.10 Å². The summed E-state index contributed by atoms with van der Waals surface area (Å²) in [5.41, 5.74) is 0.803. The highest BCUT2D eigenvalue weighted by Gasteiger charge is 2.39. The quantitative estimate of drug-likeness (QED) is 0.838. The molecule has 24 heavy (non-hydrogen) atoms. The maximum absolute atomic E-state index is 12.8. The zero-order chi connectivity index (χ0) is 16.5. The van der Waals surface area contributed by atoms with Crippen molar-refractivity contribution in [2.45, 2.75) is 44.6 Å². The van der Waals surface area contributed by atoms with Gasteiger partial charge >= 0.3 is 0 Å². The second kappa shape index (κ2) is 6.46. The Morgan fingerprint density at radius 3 is 2.42 bits per heavy atom. The van der Waals surface area contributed by atoms with Gasteiger partial charge in [0.25, 0.3) is 5.91 Å². The van der Waals surface area contributed by atoms with Crippen molar-refractivity contribution in [3.63, 3.8) is 0 Å². The molecule has 2 amide bonds. The molecule has 1 aromatic carbocycles. The third-order valence-electron chi connectivity index (χ3n) is 5.44. The molecular formula is C19H24N2O3. The Bertz CT molecular complexity index is 635. The van der Waals surface area contributed by atoms with Crippen LogP contribution in [0, 0.1) is 5.92 Å². The number of benzene rings is 1. The van der Waals surface area contributed by atoms with Crippen molar-refractivity contribution in [2.75, 3.05) is 24.5 Å². The molecule has 128 valence electrons. The van der Waals surface area contributed by atoms with Crippen LogP contribution in [0.1, 0.15) is 38.5 Å². The summed E-state index contributed by atoms with van der Waals surface area (Å²) in [5.74, 6) is 0.928. The maximum atomic E-state index is 12.8. The van der Waals surface area contributed by atoms with Gasteiger partial charge in [-0.1, -0.05) is 18.6 Å². The van der Waals surface area contributed by atoms with Gasteiger partial charge in [0, 0.05) is 19.0 Å². The topological polar surface area (TPSA) is 49.9 Å². The minimum absolute atomic E-state index is 0.0237. The highest BCUT2D eigenvalue weighted by molar-refractivity contribution is 5.98. The molecule has 0 bridgehead atoms. The second-order valence-corrected chi connectivity index (χ2v) is 7.04. The standard InChI is InChI=1S/C19H24N2O3/c22-18(14-7-6-8-14)21-13-17(19(23)20-11-4-1-5-12-20)24-16-10-3-2-9-15(16)21/h2-3,9-10,14,17H,1,4-8,11-13H2/t17-/m1/s1. The zero-order valence-corrected chi connectivity index (χ0v) is 13.9. The first-order valence-electron chi connectivity index (χ1n) is 9.10. The van der Waals surface area contributed by atoms with Crippen molar-refractivity contribution in [3.8, 4) is 5.75 Å². The second-order valence-electron chi connectivity index (χ2n) is 7.04. The monoisotopic (exact) mass is 328 g/mol. The smallest absolute Gasteiger partial charge is 0.265 e. The van der Waals surface area contributed by atoms with Gasteiger partial charge in [-0.2, -0.15) is 0 Å². The van der Waals surface area contributed by atoms with Crippen LogP contribution in [-0.4, -0.2) is 42.5 Å². The molecule has 2 aliphatic heterocycles. The van der Waals surface area contributed by atoms with Crippen molar-refractivity contribution in [1.82, 2.24) is 4.90 Å². The molecular weight excluding hydrogens is 304 g/mol. The van der Waals surface area contributed by atoms with E-state index in [1.54, 1.807) is 4.90 Å². The predicted octanol–water partition coefficient (Wildman–Crippen LogP) is 2.59. The molecule has 1 saturated heterocycles. The molecule has 2 heterocycles. The van der Waals surface area contributed by atoms with Gasteiger partial charge in [-0.05, 0) is 44.2 Å². The van der Waals surface area contributed by atoms with Crippen LogP contribution < -0.4 is 9.64 Å². The number of ether oxygens (including phenoxy) is 1. The average molecular weight is 328 g/mol. The van der Waals surface area contributed by atoms with E-state index in [-0.39, 0.29) is 17.7 Å². The van der Waals surface area contributed by atoms with Crippen LogP contribution in [0.25, 0.3) is 0 Å². The number of likely N-dealkylation sites (tertiary alicyclic amines) is 1. The number of anilines is 1. The minimum atomic E-state index is -0.581. The lowest BCUT2D eigenvalue weighted by molar-refractivity contribution is -0.139. The summed E-state index contributed by atoms with van der Waals surface area (Å²) in [4.78, 5) is 29.4. The fourth-order valence-corrected chi connectivity index (χ4v) is 3.77. The number of hydrogen-bond acceptors (Lipinski definition) is 3. The Morgan fingerprint density at radius 2 is 1.71 bits per heavy atom. The summed E-state index contributed by atoms with van der Waals surface area (Å²) in [6.45, 7) is 1.94. The van der Waals surface area contributed by atoms with Crippen molar-refractivity contribution in [2.24, 2.45) is 5.92 Å². The van der Waals surface area contributed by atoms with Crippen molar-refractivity contribution < 1.29 is 14.3 Å². The molecule has 1 aromatic rings. The lowest BCUT2D eigenvalue weighted by Gasteiger charge is -2.39. The highest BCUT2D eigenvalue weighted by Crippen LogP contribution is 2.37. The number of rotatable bonds is 2. The number of piperidine rings is 1. The number of para-hydroxylation sites is 2. The van der Waals surface area contributed by atoms with E-state index in [0.717, 1.165) is 50.9 Å². The van der Waals surface area contributed by atoms with E-state index in [1.165, 1.54) is 6.42 Å².